The molecule has 3 saturated carbocycles. The number of carbonyl (C=O) groups excluding carboxylic acids is 1. The molecule has 3 aliphatic carbocycles. The summed E-state index contributed by atoms with van der Waals surface area (Å²) in [5, 5.41) is 14.0. The van der Waals surface area contributed by atoms with Crippen molar-refractivity contribution in [2.45, 2.75) is 77.9 Å². The Balaban J connectivity index is 1.61. The highest BCUT2D eigenvalue weighted by molar-refractivity contribution is 5.79. The number of nitrogens with one attached hydrogen (secondary N) is 1. The summed E-state index contributed by atoms with van der Waals surface area (Å²) in [5.41, 5.74) is 0.613. The minimum absolute atomic E-state index is 0.0890. The van der Waals surface area contributed by atoms with E-state index in [-0.39, 0.29) is 17.4 Å². The Morgan fingerprint density at radius 3 is 2.48 bits per heavy atom. The van der Waals surface area contributed by atoms with Crippen molar-refractivity contribution in [1.82, 2.24) is 5.32 Å². The van der Waals surface area contributed by atoms with E-state index in [0.29, 0.717) is 29.1 Å². The number of rotatable bonds is 1. The van der Waals surface area contributed by atoms with Gasteiger partial charge in [0.05, 0.1) is 6.10 Å². The van der Waals surface area contributed by atoms with Crippen LogP contribution in [0.1, 0.15) is 65.7 Å². The van der Waals surface area contributed by atoms with Crippen molar-refractivity contribution in [2.24, 2.45) is 34.5 Å². The van der Waals surface area contributed by atoms with Gasteiger partial charge in [-0.3, -0.25) is 4.79 Å². The molecule has 4 rings (SSSR count). The van der Waals surface area contributed by atoms with Crippen molar-refractivity contribution in [3.05, 3.63) is 0 Å². The fourth-order valence-corrected chi connectivity index (χ4v) is 7.31. The van der Waals surface area contributed by atoms with Crippen LogP contribution in [-0.4, -0.2) is 29.6 Å². The van der Waals surface area contributed by atoms with Crippen LogP contribution >= 0.6 is 0 Å². The zero-order valence-corrected chi connectivity index (χ0v) is 15.0. The average molecular weight is 319 g/mol. The molecule has 130 valence electrons. The van der Waals surface area contributed by atoms with Gasteiger partial charge in [0.2, 0.25) is 0 Å². The molecule has 0 aromatic carbocycles. The van der Waals surface area contributed by atoms with E-state index in [1.807, 2.05) is 0 Å². The van der Waals surface area contributed by atoms with Crippen LogP contribution in [0.15, 0.2) is 0 Å². The average Bonchev–Trinajstić information content (AvgIpc) is 2.85. The van der Waals surface area contributed by atoms with Crippen molar-refractivity contribution in [2.75, 3.05) is 6.54 Å². The van der Waals surface area contributed by atoms with E-state index in [1.165, 1.54) is 25.7 Å². The van der Waals surface area contributed by atoms with Gasteiger partial charge in [-0.05, 0) is 87.0 Å². The van der Waals surface area contributed by atoms with Crippen molar-refractivity contribution >= 4 is 5.78 Å². The first-order valence-electron chi connectivity index (χ1n) is 9.78. The van der Waals surface area contributed by atoms with Crippen LogP contribution in [-0.2, 0) is 4.79 Å². The molecule has 0 amide bonds. The minimum Gasteiger partial charge on any atom is -0.393 e. The molecule has 1 aliphatic heterocycles. The van der Waals surface area contributed by atoms with E-state index in [0.717, 1.165) is 31.7 Å². The fourth-order valence-electron chi connectivity index (χ4n) is 7.31. The summed E-state index contributed by atoms with van der Waals surface area (Å²) in [4.78, 5) is 12.1. The maximum absolute atomic E-state index is 12.1. The molecule has 1 saturated heterocycles. The number of aliphatic hydroxyl groups excluding tert-OH is 1. The topological polar surface area (TPSA) is 49.3 Å². The predicted molar refractivity (Wildman–Crippen MR) is 91.0 cm³/mol. The lowest BCUT2D eigenvalue weighted by molar-refractivity contribution is -0.130. The van der Waals surface area contributed by atoms with Crippen LogP contribution in [0.4, 0.5) is 0 Å². The van der Waals surface area contributed by atoms with Crippen LogP contribution in [0.3, 0.4) is 0 Å². The Kier molecular flexibility index (Phi) is 3.70. The first kappa shape index (κ1) is 16.1. The lowest BCUT2D eigenvalue weighted by atomic mass is 9.49. The number of aliphatic hydroxyl groups is 1. The largest absolute Gasteiger partial charge is 0.393 e. The highest BCUT2D eigenvalue weighted by Gasteiger charge is 2.60. The molecule has 0 bridgehead atoms. The number of hydrogen-bond acceptors (Lipinski definition) is 3. The van der Waals surface area contributed by atoms with Crippen molar-refractivity contribution in [1.29, 1.82) is 0 Å². The molecule has 0 aromatic rings. The Morgan fingerprint density at radius 2 is 1.74 bits per heavy atom. The third-order valence-electron chi connectivity index (χ3n) is 8.71. The van der Waals surface area contributed by atoms with E-state index in [9.17, 15) is 9.90 Å². The molecule has 0 aromatic heterocycles. The summed E-state index contributed by atoms with van der Waals surface area (Å²) in [6, 6.07) is 0.592. The van der Waals surface area contributed by atoms with Gasteiger partial charge in [0.25, 0.3) is 0 Å². The second-order valence-corrected chi connectivity index (χ2v) is 9.56. The number of Topliss-reactive ketones (excluding diaryl/α,β-unsaturated/α-hetero) is 1. The number of fused-ring (bicyclic) bond motifs is 5. The van der Waals surface area contributed by atoms with Crippen LogP contribution in [0.2, 0.25) is 0 Å². The van der Waals surface area contributed by atoms with E-state index >= 15 is 0 Å². The Hall–Kier alpha value is -0.410. The maximum atomic E-state index is 12.1. The number of piperidine rings is 1. The van der Waals surface area contributed by atoms with Gasteiger partial charge in [0.15, 0.2) is 0 Å². The summed E-state index contributed by atoms with van der Waals surface area (Å²) in [7, 11) is 0. The molecule has 0 radical (unpaired) electrons. The van der Waals surface area contributed by atoms with Gasteiger partial charge >= 0.3 is 0 Å². The Bertz CT molecular complexity index is 506. The summed E-state index contributed by atoms with van der Waals surface area (Å²) < 4.78 is 0. The monoisotopic (exact) mass is 319 g/mol. The van der Waals surface area contributed by atoms with Crippen LogP contribution < -0.4 is 5.32 Å². The predicted octanol–water partition coefficient (Wildman–Crippen LogP) is 3.16. The van der Waals surface area contributed by atoms with Crippen LogP contribution in [0, 0.1) is 34.5 Å². The first-order chi connectivity index (χ1) is 10.9. The molecule has 23 heavy (non-hydrogen) atoms. The van der Waals surface area contributed by atoms with Gasteiger partial charge < -0.3 is 10.4 Å². The van der Waals surface area contributed by atoms with Gasteiger partial charge in [0, 0.05) is 12.0 Å². The van der Waals surface area contributed by atoms with Gasteiger partial charge in [-0.15, -0.1) is 0 Å². The zero-order chi connectivity index (χ0) is 16.4. The third kappa shape index (κ3) is 2.18. The molecule has 2 N–H and O–H groups in total. The maximum Gasteiger partial charge on any atom is 0.133 e. The molecule has 4 fully saturated rings. The molecular formula is C20H33NO2. The highest BCUT2D eigenvalue weighted by atomic mass is 16.3. The third-order valence-corrected chi connectivity index (χ3v) is 8.71. The zero-order valence-electron chi connectivity index (χ0n) is 15.0. The van der Waals surface area contributed by atoms with Crippen molar-refractivity contribution in [3.63, 3.8) is 0 Å². The highest BCUT2D eigenvalue weighted by Crippen LogP contribution is 2.62. The number of carbonyl (C=O) groups is 1. The van der Waals surface area contributed by atoms with Gasteiger partial charge in [0.1, 0.15) is 5.78 Å². The minimum atomic E-state index is -0.0890. The van der Waals surface area contributed by atoms with Crippen LogP contribution in [0.25, 0.3) is 0 Å². The Labute approximate surface area is 140 Å². The lowest BCUT2D eigenvalue weighted by Gasteiger charge is -2.61. The summed E-state index contributed by atoms with van der Waals surface area (Å²) in [6.45, 7) is 7.76. The molecule has 3 nitrogen and oxygen atoms in total. The van der Waals surface area contributed by atoms with E-state index < -0.39 is 0 Å². The van der Waals surface area contributed by atoms with E-state index in [4.69, 9.17) is 0 Å². The van der Waals surface area contributed by atoms with Crippen LogP contribution in [0.5, 0.6) is 0 Å². The molecule has 0 spiro atoms. The van der Waals surface area contributed by atoms with E-state index in [1.54, 1.807) is 6.92 Å². The number of ketones is 1. The molecule has 1 heterocycles. The van der Waals surface area contributed by atoms with Crippen molar-refractivity contribution < 1.29 is 9.90 Å². The molecule has 0 unspecified atom stereocenters. The normalized spacial score (nSPS) is 55.7. The van der Waals surface area contributed by atoms with Gasteiger partial charge in [-0.25, -0.2) is 0 Å². The fraction of sp³-hybridized carbons (Fsp3) is 0.950. The second-order valence-electron chi connectivity index (χ2n) is 9.56. The molecule has 4 aliphatic rings. The Morgan fingerprint density at radius 1 is 1.04 bits per heavy atom. The van der Waals surface area contributed by atoms with Crippen molar-refractivity contribution in [3.8, 4) is 0 Å². The summed E-state index contributed by atoms with van der Waals surface area (Å²) in [5.74, 6) is 2.72. The second kappa shape index (κ2) is 5.29. The van der Waals surface area contributed by atoms with Gasteiger partial charge in [-0.1, -0.05) is 13.8 Å². The summed E-state index contributed by atoms with van der Waals surface area (Å²) in [6.07, 6.45) is 7.85. The lowest BCUT2D eigenvalue weighted by Crippen LogP contribution is -2.64. The number of hydrogen-bond donors (Lipinski definition) is 2. The summed E-state index contributed by atoms with van der Waals surface area (Å²) >= 11 is 0. The molecular weight excluding hydrogens is 286 g/mol. The standard InChI is InChI=1S/C20H33NO2/c1-12(22)15-4-5-16-18-17(7-9-20(15,16)3)19(2)8-6-14(23)10-13(19)11-21-18/h13-18,21,23H,4-11H2,1-3H3/t13-,14-,15+,16+,17+,18+,19+,20-/m1/s1. The molecule has 8 atom stereocenters. The first-order valence-corrected chi connectivity index (χ1v) is 9.78. The smallest absolute Gasteiger partial charge is 0.133 e. The quantitative estimate of drug-likeness (QED) is 0.780. The van der Waals surface area contributed by atoms with E-state index in [2.05, 4.69) is 19.2 Å². The SMILES string of the molecule is CC(=O)[C@@H]1CC[C@H]2[C@@H]3NC[C@H]4C[C@H](O)CC[C@]4(C)[C@H]3CC[C@]12C. The van der Waals surface area contributed by atoms with Gasteiger partial charge in [-0.2, -0.15) is 0 Å². The molecule has 3 heteroatoms.